The largest absolute Gasteiger partial charge is 0.326 e. The van der Waals surface area contributed by atoms with E-state index in [0.717, 1.165) is 0 Å². The number of carbonyl (C=O) groups excluding carboxylic acids is 1. The molecule has 102 valence electrons. The monoisotopic (exact) mass is 287 g/mol. The minimum absolute atomic E-state index is 0.0981. The third-order valence-corrected chi connectivity index (χ3v) is 5.21. The van der Waals surface area contributed by atoms with Gasteiger partial charge in [0.25, 0.3) is 0 Å². The molecule has 0 spiro atoms. The summed E-state index contributed by atoms with van der Waals surface area (Å²) in [5.74, 6) is -0.0981. The Balaban J connectivity index is 2.17. The second-order valence-electron chi connectivity index (χ2n) is 4.61. The lowest BCUT2D eigenvalue weighted by Crippen LogP contribution is -2.09. The minimum Gasteiger partial charge on any atom is -0.326 e. The molecule has 2 aromatic rings. The first-order valence-electron chi connectivity index (χ1n) is 6.32. The maximum Gasteiger partial charge on any atom is 0.224 e. The number of rotatable bonds is 2. The number of nitrogens with one attached hydrogen (secondary N) is 1. The summed E-state index contributed by atoms with van der Waals surface area (Å²) in [7, 11) is -3.43. The van der Waals surface area contributed by atoms with Crippen molar-refractivity contribution >= 4 is 21.4 Å². The van der Waals surface area contributed by atoms with Gasteiger partial charge < -0.3 is 5.32 Å². The molecule has 4 nitrogen and oxygen atoms in total. The molecular formula is C15H13NO3S. The van der Waals surface area contributed by atoms with Crippen LogP contribution >= 0.6 is 0 Å². The van der Waals surface area contributed by atoms with Crippen LogP contribution in [0.15, 0.2) is 52.3 Å². The average molecular weight is 287 g/mol. The van der Waals surface area contributed by atoms with Crippen LogP contribution in [0.3, 0.4) is 0 Å². The van der Waals surface area contributed by atoms with E-state index in [4.69, 9.17) is 0 Å². The van der Waals surface area contributed by atoms with Gasteiger partial charge in [0.15, 0.2) is 0 Å². The normalized spacial score (nSPS) is 14.4. The van der Waals surface area contributed by atoms with Gasteiger partial charge >= 0.3 is 0 Å². The molecule has 1 aliphatic heterocycles. The number of fused-ring (bicyclic) bond motifs is 3. The zero-order valence-electron chi connectivity index (χ0n) is 10.9. The summed E-state index contributed by atoms with van der Waals surface area (Å²) >= 11 is 0. The highest BCUT2D eigenvalue weighted by Crippen LogP contribution is 2.43. The van der Waals surface area contributed by atoms with Gasteiger partial charge in [0.05, 0.1) is 9.79 Å². The fourth-order valence-corrected chi connectivity index (χ4v) is 4.01. The molecular weight excluding hydrogens is 274 g/mol. The molecule has 1 amide bonds. The Morgan fingerprint density at radius 1 is 1.05 bits per heavy atom. The van der Waals surface area contributed by atoms with Crippen LogP contribution in [-0.2, 0) is 14.6 Å². The van der Waals surface area contributed by atoms with Gasteiger partial charge in [0.2, 0.25) is 15.7 Å². The molecule has 2 aromatic carbocycles. The predicted octanol–water partition coefficient (Wildman–Crippen LogP) is 2.85. The zero-order valence-corrected chi connectivity index (χ0v) is 11.7. The molecule has 3 rings (SSSR count). The number of hydrogen-bond acceptors (Lipinski definition) is 3. The van der Waals surface area contributed by atoms with Crippen molar-refractivity contribution in [1.82, 2.24) is 0 Å². The molecule has 0 unspecified atom stereocenters. The highest BCUT2D eigenvalue weighted by atomic mass is 32.2. The molecule has 5 heteroatoms. The third kappa shape index (κ3) is 1.82. The van der Waals surface area contributed by atoms with Gasteiger partial charge in [-0.1, -0.05) is 25.1 Å². The topological polar surface area (TPSA) is 63.2 Å². The van der Waals surface area contributed by atoms with Crippen LogP contribution in [-0.4, -0.2) is 14.3 Å². The van der Waals surface area contributed by atoms with E-state index in [1.807, 2.05) is 0 Å². The average Bonchev–Trinajstić information content (AvgIpc) is 2.68. The number of hydrogen-bond donors (Lipinski definition) is 1. The number of amides is 1. The number of carbonyl (C=O) groups is 1. The summed E-state index contributed by atoms with van der Waals surface area (Å²) in [6.45, 7) is 1.77. The maximum atomic E-state index is 12.4. The quantitative estimate of drug-likeness (QED) is 0.788. The molecule has 0 atom stereocenters. The lowest BCUT2D eigenvalue weighted by Gasteiger charge is -2.06. The summed E-state index contributed by atoms with van der Waals surface area (Å²) < 4.78 is 24.8. The fraction of sp³-hybridized carbons (Fsp3) is 0.133. The highest BCUT2D eigenvalue weighted by molar-refractivity contribution is 7.92. The van der Waals surface area contributed by atoms with Crippen molar-refractivity contribution in [2.45, 2.75) is 23.1 Å². The molecule has 1 N–H and O–H groups in total. The molecule has 0 aromatic heterocycles. The molecule has 0 aliphatic carbocycles. The van der Waals surface area contributed by atoms with Gasteiger partial charge in [0, 0.05) is 23.2 Å². The SMILES string of the molecule is CCC(=O)Nc1ccc2c(c1)-c1ccccc1S2(=O)=O. The summed E-state index contributed by atoms with van der Waals surface area (Å²) in [6, 6.07) is 11.8. The van der Waals surface area contributed by atoms with Crippen LogP contribution in [0.5, 0.6) is 0 Å². The van der Waals surface area contributed by atoms with Gasteiger partial charge in [-0.15, -0.1) is 0 Å². The van der Waals surface area contributed by atoms with Gasteiger partial charge in [0.1, 0.15) is 0 Å². The standard InChI is InChI=1S/C15H13NO3S/c1-2-15(17)16-10-7-8-14-12(9-10)11-5-3-4-6-13(11)20(14,18)19/h3-9H,2H2,1H3,(H,16,17). The van der Waals surface area contributed by atoms with Crippen molar-refractivity contribution < 1.29 is 13.2 Å². The van der Waals surface area contributed by atoms with E-state index in [-0.39, 0.29) is 5.91 Å². The van der Waals surface area contributed by atoms with E-state index in [1.165, 1.54) is 0 Å². The molecule has 0 saturated heterocycles. The first kappa shape index (κ1) is 12.9. The Labute approximate surface area is 117 Å². The molecule has 20 heavy (non-hydrogen) atoms. The van der Waals surface area contributed by atoms with Gasteiger partial charge in [-0.05, 0) is 24.3 Å². The molecule has 0 fully saturated rings. The summed E-state index contributed by atoms with van der Waals surface area (Å²) in [5.41, 5.74) is 1.95. The van der Waals surface area contributed by atoms with Crippen molar-refractivity contribution in [2.24, 2.45) is 0 Å². The van der Waals surface area contributed by atoms with Crippen LogP contribution in [0.2, 0.25) is 0 Å². The smallest absolute Gasteiger partial charge is 0.224 e. The van der Waals surface area contributed by atoms with E-state index in [2.05, 4.69) is 5.32 Å². The van der Waals surface area contributed by atoms with E-state index in [1.54, 1.807) is 49.4 Å². The Morgan fingerprint density at radius 3 is 2.50 bits per heavy atom. The molecule has 0 saturated carbocycles. The van der Waals surface area contributed by atoms with Gasteiger partial charge in [-0.3, -0.25) is 4.79 Å². The predicted molar refractivity (Wildman–Crippen MR) is 76.3 cm³/mol. The van der Waals surface area contributed by atoms with E-state index in [0.29, 0.717) is 33.0 Å². The van der Waals surface area contributed by atoms with Crippen LogP contribution < -0.4 is 5.32 Å². The van der Waals surface area contributed by atoms with Crippen molar-refractivity contribution in [3.8, 4) is 11.1 Å². The minimum atomic E-state index is -3.43. The summed E-state index contributed by atoms with van der Waals surface area (Å²) in [4.78, 5) is 12.1. The maximum absolute atomic E-state index is 12.4. The van der Waals surface area contributed by atoms with Crippen molar-refractivity contribution in [1.29, 1.82) is 0 Å². The lowest BCUT2D eigenvalue weighted by molar-refractivity contribution is -0.115. The molecule has 0 radical (unpaired) electrons. The van der Waals surface area contributed by atoms with E-state index >= 15 is 0 Å². The lowest BCUT2D eigenvalue weighted by atomic mass is 10.1. The Bertz CT molecular complexity index is 810. The fourth-order valence-electron chi connectivity index (χ4n) is 2.34. The van der Waals surface area contributed by atoms with E-state index in [9.17, 15) is 13.2 Å². The zero-order chi connectivity index (χ0) is 14.3. The first-order chi connectivity index (χ1) is 9.54. The second-order valence-corrected chi connectivity index (χ2v) is 6.50. The number of sulfone groups is 1. The molecule has 0 bridgehead atoms. The van der Waals surface area contributed by atoms with Gasteiger partial charge in [-0.25, -0.2) is 8.42 Å². The molecule has 1 heterocycles. The van der Waals surface area contributed by atoms with Gasteiger partial charge in [-0.2, -0.15) is 0 Å². The summed E-state index contributed by atoms with van der Waals surface area (Å²) in [6.07, 6.45) is 0.381. The Hall–Kier alpha value is -2.14. The number of anilines is 1. The molecule has 1 aliphatic rings. The van der Waals surface area contributed by atoms with Crippen LogP contribution in [0, 0.1) is 0 Å². The van der Waals surface area contributed by atoms with Crippen LogP contribution in [0.4, 0.5) is 5.69 Å². The van der Waals surface area contributed by atoms with Crippen LogP contribution in [0.25, 0.3) is 11.1 Å². The summed E-state index contributed by atoms with van der Waals surface area (Å²) in [5, 5.41) is 2.75. The van der Waals surface area contributed by atoms with Crippen molar-refractivity contribution in [2.75, 3.05) is 5.32 Å². The highest BCUT2D eigenvalue weighted by Gasteiger charge is 2.32. The second kappa shape index (κ2) is 4.45. The van der Waals surface area contributed by atoms with E-state index < -0.39 is 9.84 Å². The number of benzene rings is 2. The first-order valence-corrected chi connectivity index (χ1v) is 7.80. The Kier molecular flexibility index (Phi) is 2.87. The van der Waals surface area contributed by atoms with Crippen molar-refractivity contribution in [3.63, 3.8) is 0 Å². The van der Waals surface area contributed by atoms with Crippen LogP contribution in [0.1, 0.15) is 13.3 Å². The van der Waals surface area contributed by atoms with Crippen molar-refractivity contribution in [3.05, 3.63) is 42.5 Å². The third-order valence-electron chi connectivity index (χ3n) is 3.34. The Morgan fingerprint density at radius 2 is 1.75 bits per heavy atom.